The number of amidine groups is 1. The van der Waals surface area contributed by atoms with Crippen molar-refractivity contribution in [1.82, 2.24) is 4.57 Å². The van der Waals surface area contributed by atoms with Crippen LogP contribution in [0.1, 0.15) is 16.1 Å². The zero-order chi connectivity index (χ0) is 13.3. The van der Waals surface area contributed by atoms with Gasteiger partial charge in [-0.05, 0) is 12.1 Å². The third-order valence-electron chi connectivity index (χ3n) is 2.75. The number of rotatable bonds is 3. The van der Waals surface area contributed by atoms with Crippen LogP contribution in [0.2, 0.25) is 0 Å². The molecule has 0 aliphatic heterocycles. The maximum absolute atomic E-state index is 11.0. The van der Waals surface area contributed by atoms with Crippen LogP contribution < -0.4 is 5.73 Å². The highest BCUT2D eigenvalue weighted by Crippen LogP contribution is 2.20. The molecule has 6 nitrogen and oxygen atoms in total. The second-order valence-corrected chi connectivity index (χ2v) is 3.83. The van der Waals surface area contributed by atoms with Gasteiger partial charge in [-0.2, -0.15) is 0 Å². The zero-order valence-corrected chi connectivity index (χ0v) is 10.0. The number of hydrogen-bond donors (Lipinski definition) is 2. The highest BCUT2D eigenvalue weighted by Gasteiger charge is 2.12. The molecule has 0 saturated heterocycles. The number of fused-ring (bicyclic) bond motifs is 1. The standard InChI is InChI=1S/C12H13N3O3/c1-15-9-6-8(11(13)14-18-2)4-3-7(9)5-10(15)12(16)17/h3-6H,1-2H3,(H2,13,14)(H,16,17). The van der Waals surface area contributed by atoms with Crippen molar-refractivity contribution in [3.05, 3.63) is 35.5 Å². The van der Waals surface area contributed by atoms with Gasteiger partial charge in [0.2, 0.25) is 0 Å². The molecule has 6 heteroatoms. The van der Waals surface area contributed by atoms with Crippen molar-refractivity contribution in [3.63, 3.8) is 0 Å². The first-order valence-electron chi connectivity index (χ1n) is 5.24. The van der Waals surface area contributed by atoms with Crippen LogP contribution in [-0.4, -0.2) is 28.6 Å². The van der Waals surface area contributed by atoms with E-state index in [1.54, 1.807) is 35.9 Å². The number of hydrogen-bond acceptors (Lipinski definition) is 3. The molecular weight excluding hydrogens is 234 g/mol. The Bertz CT molecular complexity index is 643. The van der Waals surface area contributed by atoms with Gasteiger partial charge in [-0.1, -0.05) is 17.3 Å². The summed E-state index contributed by atoms with van der Waals surface area (Å²) in [5, 5.41) is 13.5. The Labute approximate surface area is 103 Å². The van der Waals surface area contributed by atoms with Crippen LogP contribution in [0.5, 0.6) is 0 Å². The number of nitrogens with two attached hydrogens (primary N) is 1. The number of oxime groups is 1. The molecule has 94 valence electrons. The molecular formula is C12H13N3O3. The summed E-state index contributed by atoms with van der Waals surface area (Å²) in [6.07, 6.45) is 0. The summed E-state index contributed by atoms with van der Waals surface area (Å²) in [5.41, 5.74) is 7.40. The topological polar surface area (TPSA) is 89.8 Å². The molecule has 0 atom stereocenters. The van der Waals surface area contributed by atoms with Crippen LogP contribution in [0, 0.1) is 0 Å². The maximum Gasteiger partial charge on any atom is 0.352 e. The number of benzene rings is 1. The minimum atomic E-state index is -0.964. The number of aromatic nitrogens is 1. The van der Waals surface area contributed by atoms with Gasteiger partial charge in [-0.25, -0.2) is 4.79 Å². The fourth-order valence-corrected chi connectivity index (χ4v) is 1.85. The van der Waals surface area contributed by atoms with E-state index in [2.05, 4.69) is 9.99 Å². The molecule has 2 aromatic rings. The summed E-state index contributed by atoms with van der Waals surface area (Å²) in [6.45, 7) is 0. The molecule has 0 amide bonds. The van der Waals surface area contributed by atoms with Gasteiger partial charge in [0.05, 0.1) is 0 Å². The van der Waals surface area contributed by atoms with Crippen molar-refractivity contribution in [2.24, 2.45) is 17.9 Å². The average molecular weight is 247 g/mol. The van der Waals surface area contributed by atoms with Gasteiger partial charge in [0, 0.05) is 23.5 Å². The fraction of sp³-hybridized carbons (Fsp3) is 0.167. The van der Waals surface area contributed by atoms with Gasteiger partial charge in [-0.3, -0.25) is 0 Å². The highest BCUT2D eigenvalue weighted by atomic mass is 16.6. The largest absolute Gasteiger partial charge is 0.477 e. The number of carboxylic acids is 1. The summed E-state index contributed by atoms with van der Waals surface area (Å²) >= 11 is 0. The summed E-state index contributed by atoms with van der Waals surface area (Å²) in [7, 11) is 3.11. The average Bonchev–Trinajstić information content (AvgIpc) is 2.67. The van der Waals surface area contributed by atoms with Gasteiger partial charge in [-0.15, -0.1) is 0 Å². The molecule has 3 N–H and O–H groups in total. The SMILES string of the molecule is CO/N=C(/N)c1ccc2cc(C(=O)O)n(C)c2c1. The number of aromatic carboxylic acids is 1. The van der Waals surface area contributed by atoms with Crippen LogP contribution in [-0.2, 0) is 11.9 Å². The van der Waals surface area contributed by atoms with Gasteiger partial charge < -0.3 is 20.2 Å². The predicted octanol–water partition coefficient (Wildman–Crippen LogP) is 1.14. The number of nitrogens with zero attached hydrogens (tertiary/aromatic N) is 2. The molecule has 0 fully saturated rings. The Morgan fingerprint density at radius 2 is 2.17 bits per heavy atom. The van der Waals surface area contributed by atoms with Gasteiger partial charge >= 0.3 is 5.97 Å². The van der Waals surface area contributed by atoms with E-state index in [1.165, 1.54) is 7.11 Å². The Hall–Kier alpha value is -2.50. The normalized spacial score (nSPS) is 11.8. The molecule has 1 aromatic heterocycles. The molecule has 0 radical (unpaired) electrons. The maximum atomic E-state index is 11.0. The van der Waals surface area contributed by atoms with E-state index in [4.69, 9.17) is 10.8 Å². The van der Waals surface area contributed by atoms with Gasteiger partial charge in [0.25, 0.3) is 0 Å². The second-order valence-electron chi connectivity index (χ2n) is 3.83. The first kappa shape index (κ1) is 12.0. The summed E-state index contributed by atoms with van der Waals surface area (Å²) in [6, 6.07) is 6.96. The molecule has 18 heavy (non-hydrogen) atoms. The first-order valence-corrected chi connectivity index (χ1v) is 5.24. The van der Waals surface area contributed by atoms with Crippen molar-refractivity contribution >= 4 is 22.7 Å². The van der Waals surface area contributed by atoms with E-state index >= 15 is 0 Å². The monoisotopic (exact) mass is 247 g/mol. The van der Waals surface area contributed by atoms with Crippen LogP contribution in [0.25, 0.3) is 10.9 Å². The van der Waals surface area contributed by atoms with E-state index in [9.17, 15) is 4.79 Å². The third-order valence-corrected chi connectivity index (χ3v) is 2.75. The van der Waals surface area contributed by atoms with Crippen molar-refractivity contribution in [1.29, 1.82) is 0 Å². The number of carbonyl (C=O) groups is 1. The molecule has 1 aromatic carbocycles. The predicted molar refractivity (Wildman–Crippen MR) is 67.6 cm³/mol. The van der Waals surface area contributed by atoms with Crippen LogP contribution >= 0.6 is 0 Å². The molecule has 0 unspecified atom stereocenters. The summed E-state index contributed by atoms with van der Waals surface area (Å²) in [4.78, 5) is 15.6. The Morgan fingerprint density at radius 3 is 2.78 bits per heavy atom. The third kappa shape index (κ3) is 1.88. The fourth-order valence-electron chi connectivity index (χ4n) is 1.85. The first-order chi connectivity index (χ1) is 8.54. The van der Waals surface area contributed by atoms with Crippen molar-refractivity contribution < 1.29 is 14.7 Å². The van der Waals surface area contributed by atoms with E-state index in [1.807, 2.05) is 0 Å². The van der Waals surface area contributed by atoms with Gasteiger partial charge in [0.1, 0.15) is 12.8 Å². The number of aryl methyl sites for hydroxylation is 1. The lowest BCUT2D eigenvalue weighted by atomic mass is 10.1. The number of carboxylic acid groups (broad SMARTS) is 1. The zero-order valence-electron chi connectivity index (χ0n) is 10.0. The second kappa shape index (κ2) is 4.40. The lowest BCUT2D eigenvalue weighted by Crippen LogP contribution is -2.13. The molecule has 0 bridgehead atoms. The van der Waals surface area contributed by atoms with Crippen LogP contribution in [0.4, 0.5) is 0 Å². The van der Waals surface area contributed by atoms with Gasteiger partial charge in [0.15, 0.2) is 5.84 Å². The summed E-state index contributed by atoms with van der Waals surface area (Å²) in [5.74, 6) is -0.716. The Kier molecular flexibility index (Phi) is 2.93. The quantitative estimate of drug-likeness (QED) is 0.483. The van der Waals surface area contributed by atoms with Crippen LogP contribution in [0.15, 0.2) is 29.4 Å². The van der Waals surface area contributed by atoms with E-state index in [0.29, 0.717) is 5.56 Å². The highest BCUT2D eigenvalue weighted by molar-refractivity contribution is 6.02. The smallest absolute Gasteiger partial charge is 0.352 e. The summed E-state index contributed by atoms with van der Waals surface area (Å²) < 4.78 is 1.60. The molecule has 1 heterocycles. The molecule has 0 aliphatic rings. The van der Waals surface area contributed by atoms with E-state index in [0.717, 1.165) is 10.9 Å². The minimum absolute atomic E-state index is 0.226. The lowest BCUT2D eigenvalue weighted by Gasteiger charge is -2.02. The van der Waals surface area contributed by atoms with E-state index in [-0.39, 0.29) is 11.5 Å². The molecule has 2 rings (SSSR count). The molecule has 0 saturated carbocycles. The van der Waals surface area contributed by atoms with Crippen molar-refractivity contribution in [3.8, 4) is 0 Å². The Morgan fingerprint density at radius 1 is 1.44 bits per heavy atom. The van der Waals surface area contributed by atoms with Crippen molar-refractivity contribution in [2.45, 2.75) is 0 Å². The van der Waals surface area contributed by atoms with Crippen molar-refractivity contribution in [2.75, 3.05) is 7.11 Å². The van der Waals surface area contributed by atoms with Crippen LogP contribution in [0.3, 0.4) is 0 Å². The Balaban J connectivity index is 2.61. The minimum Gasteiger partial charge on any atom is -0.477 e. The van der Waals surface area contributed by atoms with E-state index < -0.39 is 5.97 Å². The molecule has 0 aliphatic carbocycles. The lowest BCUT2D eigenvalue weighted by molar-refractivity contribution is 0.0687. The molecule has 0 spiro atoms.